The second-order valence-corrected chi connectivity index (χ2v) is 4.23. The van der Waals surface area contributed by atoms with E-state index in [4.69, 9.17) is 0 Å². The number of nitrogens with zero attached hydrogens (tertiary/aromatic N) is 3. The van der Waals surface area contributed by atoms with Gasteiger partial charge in [-0.3, -0.25) is 0 Å². The van der Waals surface area contributed by atoms with Gasteiger partial charge in [-0.1, -0.05) is 0 Å². The highest BCUT2D eigenvalue weighted by molar-refractivity contribution is 5.34. The van der Waals surface area contributed by atoms with Crippen molar-refractivity contribution in [2.24, 2.45) is 0 Å². The van der Waals surface area contributed by atoms with Crippen molar-refractivity contribution in [1.29, 1.82) is 0 Å². The Morgan fingerprint density at radius 3 is 3.07 bits per heavy atom. The minimum absolute atomic E-state index is 0.595. The van der Waals surface area contributed by atoms with Gasteiger partial charge in [-0.25, -0.2) is 4.98 Å². The number of hydrogen-bond donors (Lipinski definition) is 1. The topological polar surface area (TPSA) is 33.1 Å². The summed E-state index contributed by atoms with van der Waals surface area (Å²) in [7, 11) is 2.14. The van der Waals surface area contributed by atoms with E-state index in [0.29, 0.717) is 6.04 Å². The lowest BCUT2D eigenvalue weighted by molar-refractivity contribution is 0.638. The van der Waals surface area contributed by atoms with Crippen molar-refractivity contribution in [2.45, 2.75) is 32.9 Å². The number of nitrogens with one attached hydrogen (secondary N) is 1. The van der Waals surface area contributed by atoms with E-state index in [9.17, 15) is 0 Å². The van der Waals surface area contributed by atoms with E-state index in [-0.39, 0.29) is 0 Å². The summed E-state index contributed by atoms with van der Waals surface area (Å²) in [6.45, 7) is 7.40. The van der Waals surface area contributed by atoms with Gasteiger partial charge in [0.05, 0.1) is 5.69 Å². The zero-order chi connectivity index (χ0) is 10.8. The second-order valence-electron chi connectivity index (χ2n) is 4.23. The van der Waals surface area contributed by atoms with Crippen molar-refractivity contribution in [3.63, 3.8) is 0 Å². The first kappa shape index (κ1) is 10.5. The van der Waals surface area contributed by atoms with Crippen LogP contribution in [0.3, 0.4) is 0 Å². The van der Waals surface area contributed by atoms with E-state index in [1.165, 1.54) is 6.42 Å². The lowest BCUT2D eigenvalue weighted by Crippen LogP contribution is -2.35. The predicted octanol–water partition coefficient (Wildman–Crippen LogP) is 1.01. The van der Waals surface area contributed by atoms with E-state index in [2.05, 4.69) is 46.9 Å². The molecule has 2 heterocycles. The van der Waals surface area contributed by atoms with Crippen LogP contribution in [0.25, 0.3) is 0 Å². The zero-order valence-corrected chi connectivity index (χ0v) is 9.82. The highest BCUT2D eigenvalue weighted by Crippen LogP contribution is 2.17. The van der Waals surface area contributed by atoms with Crippen molar-refractivity contribution in [3.8, 4) is 0 Å². The minimum Gasteiger partial charge on any atom is -0.341 e. The third kappa shape index (κ3) is 2.00. The molecule has 1 saturated heterocycles. The van der Waals surface area contributed by atoms with Crippen LogP contribution in [0.15, 0.2) is 6.20 Å². The molecule has 1 aliphatic rings. The first-order valence-corrected chi connectivity index (χ1v) is 5.69. The summed E-state index contributed by atoms with van der Waals surface area (Å²) in [6, 6.07) is 0.595. The first-order chi connectivity index (χ1) is 7.22. The number of anilines is 1. The molecule has 1 aromatic rings. The summed E-state index contributed by atoms with van der Waals surface area (Å²) in [5, 5.41) is 3.39. The maximum absolute atomic E-state index is 4.59. The minimum atomic E-state index is 0.595. The molecule has 0 bridgehead atoms. The molecule has 0 aromatic carbocycles. The van der Waals surface area contributed by atoms with Crippen molar-refractivity contribution < 1.29 is 0 Å². The van der Waals surface area contributed by atoms with Crippen LogP contribution in [0.5, 0.6) is 0 Å². The van der Waals surface area contributed by atoms with Crippen LogP contribution in [0.2, 0.25) is 0 Å². The number of likely N-dealkylation sites (N-methyl/N-ethyl adjacent to an activating group) is 1. The van der Waals surface area contributed by atoms with Gasteiger partial charge in [0.15, 0.2) is 0 Å². The molecule has 1 aliphatic heterocycles. The van der Waals surface area contributed by atoms with Gasteiger partial charge in [-0.05, 0) is 26.8 Å². The fourth-order valence-corrected chi connectivity index (χ4v) is 2.18. The Morgan fingerprint density at radius 1 is 1.67 bits per heavy atom. The van der Waals surface area contributed by atoms with E-state index in [1.807, 2.05) is 0 Å². The van der Waals surface area contributed by atoms with Crippen LogP contribution < -0.4 is 10.2 Å². The Balaban J connectivity index is 2.19. The summed E-state index contributed by atoms with van der Waals surface area (Å²) in [4.78, 5) is 6.89. The van der Waals surface area contributed by atoms with E-state index < -0.39 is 0 Å². The van der Waals surface area contributed by atoms with Crippen LogP contribution in [0.1, 0.15) is 19.0 Å². The molecule has 1 fully saturated rings. The predicted molar refractivity (Wildman–Crippen MR) is 62.3 cm³/mol. The number of imidazole rings is 1. The molecule has 0 amide bonds. The van der Waals surface area contributed by atoms with Gasteiger partial charge in [0.1, 0.15) is 0 Å². The van der Waals surface area contributed by atoms with Gasteiger partial charge in [0.25, 0.3) is 0 Å². The van der Waals surface area contributed by atoms with Crippen molar-refractivity contribution >= 4 is 5.95 Å². The number of hydrogen-bond acceptors (Lipinski definition) is 3. The van der Waals surface area contributed by atoms with Gasteiger partial charge in [0, 0.05) is 32.4 Å². The summed E-state index contributed by atoms with van der Waals surface area (Å²) in [6.07, 6.45) is 3.33. The SMILES string of the molecule is CCn1cc(C)nc1N(C)C1CCNC1. The Kier molecular flexibility index (Phi) is 2.95. The van der Waals surface area contributed by atoms with Crippen molar-refractivity contribution in [1.82, 2.24) is 14.9 Å². The maximum atomic E-state index is 4.59. The van der Waals surface area contributed by atoms with Crippen molar-refractivity contribution in [2.75, 3.05) is 25.0 Å². The van der Waals surface area contributed by atoms with Crippen LogP contribution in [0.4, 0.5) is 5.95 Å². The molecular weight excluding hydrogens is 188 g/mol. The molecule has 1 atom stereocenters. The fourth-order valence-electron chi connectivity index (χ4n) is 2.18. The largest absolute Gasteiger partial charge is 0.341 e. The van der Waals surface area contributed by atoms with Gasteiger partial charge >= 0.3 is 0 Å². The highest BCUT2D eigenvalue weighted by atomic mass is 15.3. The quantitative estimate of drug-likeness (QED) is 0.805. The number of rotatable bonds is 3. The lowest BCUT2D eigenvalue weighted by Gasteiger charge is -2.25. The van der Waals surface area contributed by atoms with E-state index in [0.717, 1.165) is 31.3 Å². The average Bonchev–Trinajstić information content (AvgIpc) is 2.84. The molecule has 4 heteroatoms. The van der Waals surface area contributed by atoms with Crippen molar-refractivity contribution in [3.05, 3.63) is 11.9 Å². The van der Waals surface area contributed by atoms with Crippen LogP contribution in [-0.2, 0) is 6.54 Å². The van der Waals surface area contributed by atoms with Gasteiger partial charge < -0.3 is 14.8 Å². The third-order valence-electron chi connectivity index (χ3n) is 3.11. The molecule has 0 spiro atoms. The monoisotopic (exact) mass is 208 g/mol. The number of aryl methyl sites for hydroxylation is 2. The molecular formula is C11H20N4. The average molecular weight is 208 g/mol. The Morgan fingerprint density at radius 2 is 2.47 bits per heavy atom. The first-order valence-electron chi connectivity index (χ1n) is 5.69. The van der Waals surface area contributed by atoms with E-state index in [1.54, 1.807) is 0 Å². The lowest BCUT2D eigenvalue weighted by atomic mass is 10.2. The molecule has 15 heavy (non-hydrogen) atoms. The summed E-state index contributed by atoms with van der Waals surface area (Å²) in [5.41, 5.74) is 1.10. The van der Waals surface area contributed by atoms with Gasteiger partial charge in [-0.15, -0.1) is 0 Å². The molecule has 84 valence electrons. The van der Waals surface area contributed by atoms with Gasteiger partial charge in [0.2, 0.25) is 5.95 Å². The Hall–Kier alpha value is -1.03. The molecule has 4 nitrogen and oxygen atoms in total. The van der Waals surface area contributed by atoms with Crippen LogP contribution in [0, 0.1) is 6.92 Å². The van der Waals surface area contributed by atoms with E-state index >= 15 is 0 Å². The molecule has 0 aliphatic carbocycles. The smallest absolute Gasteiger partial charge is 0.205 e. The standard InChI is InChI=1S/C11H20N4/c1-4-15-8-9(2)13-11(15)14(3)10-5-6-12-7-10/h8,10,12H,4-7H2,1-3H3. The second kappa shape index (κ2) is 4.23. The molecule has 0 radical (unpaired) electrons. The zero-order valence-electron chi connectivity index (χ0n) is 9.82. The number of aromatic nitrogens is 2. The third-order valence-corrected chi connectivity index (χ3v) is 3.11. The summed E-state index contributed by atoms with van der Waals surface area (Å²) >= 11 is 0. The molecule has 2 rings (SSSR count). The Labute approximate surface area is 91.3 Å². The highest BCUT2D eigenvalue weighted by Gasteiger charge is 2.22. The normalized spacial score (nSPS) is 20.9. The summed E-state index contributed by atoms with van der Waals surface area (Å²) < 4.78 is 2.22. The molecule has 0 saturated carbocycles. The van der Waals surface area contributed by atoms with Crippen LogP contribution >= 0.6 is 0 Å². The molecule has 1 unspecified atom stereocenters. The summed E-state index contributed by atoms with van der Waals surface area (Å²) in [5.74, 6) is 1.10. The van der Waals surface area contributed by atoms with Gasteiger partial charge in [-0.2, -0.15) is 0 Å². The Bertz CT molecular complexity index is 325. The molecule has 1 N–H and O–H groups in total. The maximum Gasteiger partial charge on any atom is 0.205 e. The fraction of sp³-hybridized carbons (Fsp3) is 0.727. The molecule has 1 aromatic heterocycles. The van der Waals surface area contributed by atoms with Crippen LogP contribution in [-0.4, -0.2) is 35.7 Å².